The van der Waals surface area contributed by atoms with Gasteiger partial charge in [-0.2, -0.15) is 0 Å². The zero-order valence-electron chi connectivity index (χ0n) is 31.6. The highest BCUT2D eigenvalue weighted by molar-refractivity contribution is 7.90. The van der Waals surface area contributed by atoms with Crippen LogP contribution in [0, 0.1) is 10.1 Å². The molecule has 292 valence electrons. The van der Waals surface area contributed by atoms with Gasteiger partial charge in [0.2, 0.25) is 0 Å². The quantitative estimate of drug-likeness (QED) is 0.0763. The minimum atomic E-state index is -4.42. The largest absolute Gasteiger partial charge is 0.377 e. The van der Waals surface area contributed by atoms with Crippen LogP contribution in [0.1, 0.15) is 34.3 Å². The highest BCUT2D eigenvalue weighted by atomic mass is 35.5. The van der Waals surface area contributed by atoms with Crippen molar-refractivity contribution in [2.45, 2.75) is 36.7 Å². The molecule has 1 saturated heterocycles. The number of hydrogen-bond donors (Lipinski definition) is 2. The summed E-state index contributed by atoms with van der Waals surface area (Å²) in [7, 11) is -0.491. The van der Waals surface area contributed by atoms with Crippen molar-refractivity contribution in [2.24, 2.45) is 0 Å². The molecule has 1 amide bonds. The number of hydrogen-bond acceptors (Lipinski definition) is 9. The number of sulfonamides is 1. The van der Waals surface area contributed by atoms with E-state index in [2.05, 4.69) is 38.0 Å². The fourth-order valence-electron chi connectivity index (χ4n) is 6.90. The van der Waals surface area contributed by atoms with E-state index in [1.807, 2.05) is 91.8 Å². The third kappa shape index (κ3) is 10.7. The van der Waals surface area contributed by atoms with Gasteiger partial charge >= 0.3 is 0 Å². The Bertz CT molecular complexity index is 2210. The lowest BCUT2D eigenvalue weighted by atomic mass is 9.99. The number of benzene rings is 5. The minimum absolute atomic E-state index is 0.103. The lowest BCUT2D eigenvalue weighted by Gasteiger charge is -2.36. The molecule has 56 heavy (non-hydrogen) atoms. The van der Waals surface area contributed by atoms with Crippen LogP contribution in [0.15, 0.2) is 126 Å². The predicted molar refractivity (Wildman–Crippen MR) is 224 cm³/mol. The number of carbonyl (C=O) groups is 1. The summed E-state index contributed by atoms with van der Waals surface area (Å²) in [5.74, 6) is -0.824. The summed E-state index contributed by atoms with van der Waals surface area (Å²) in [5.41, 5.74) is 5.64. The number of nitro benzene ring substituents is 1. The molecule has 1 unspecified atom stereocenters. The number of anilines is 2. The van der Waals surface area contributed by atoms with Gasteiger partial charge in [0.1, 0.15) is 5.69 Å². The van der Waals surface area contributed by atoms with Crippen LogP contribution in [0.25, 0.3) is 11.1 Å². The van der Waals surface area contributed by atoms with Gasteiger partial charge in [-0.3, -0.25) is 19.8 Å². The summed E-state index contributed by atoms with van der Waals surface area (Å²) in [5, 5.41) is 16.2. The fraction of sp³-hybridized carbons (Fsp3) is 0.279. The van der Waals surface area contributed by atoms with Gasteiger partial charge in [-0.1, -0.05) is 78.3 Å². The van der Waals surface area contributed by atoms with Crippen LogP contribution in [0.2, 0.25) is 5.02 Å². The van der Waals surface area contributed by atoms with Crippen molar-refractivity contribution in [3.8, 4) is 11.1 Å². The number of nitrogens with zero attached hydrogens (tertiary/aromatic N) is 4. The number of piperazine rings is 1. The van der Waals surface area contributed by atoms with E-state index in [9.17, 15) is 23.3 Å². The number of rotatable bonds is 16. The zero-order valence-corrected chi connectivity index (χ0v) is 33.2. The summed E-state index contributed by atoms with van der Waals surface area (Å²) in [6, 6.07) is 36.7. The second-order valence-electron chi connectivity index (χ2n) is 14.3. The highest BCUT2D eigenvalue weighted by Gasteiger charge is 2.26. The molecule has 1 aliphatic heterocycles. The summed E-state index contributed by atoms with van der Waals surface area (Å²) < 4.78 is 28.8. The Hall–Kier alpha value is -5.27. The van der Waals surface area contributed by atoms with Gasteiger partial charge in [0.15, 0.2) is 0 Å². The number of aryl methyl sites for hydroxylation is 1. The number of nitro groups is 1. The van der Waals surface area contributed by atoms with Crippen LogP contribution in [-0.2, 0) is 23.0 Å². The van der Waals surface area contributed by atoms with Gasteiger partial charge in [-0.15, -0.1) is 0 Å². The minimum Gasteiger partial charge on any atom is -0.377 e. The molecule has 0 radical (unpaired) electrons. The van der Waals surface area contributed by atoms with E-state index >= 15 is 0 Å². The van der Waals surface area contributed by atoms with Crippen LogP contribution in [0.5, 0.6) is 0 Å². The van der Waals surface area contributed by atoms with Crippen LogP contribution in [0.3, 0.4) is 0 Å². The SMILES string of the molecule is CN(C)CCC(CCc1ccccc1)Nc1ccc(S(=O)(=O)NC(=O)c2ccc(N3CCN(Cc4ccccc4-c4ccc(Cl)cc4)CC3)cc2)cc1[N+](=O)[O-]. The first-order chi connectivity index (χ1) is 26.9. The van der Waals surface area contributed by atoms with Gasteiger partial charge in [0, 0.05) is 61.1 Å². The Labute approximate surface area is 334 Å². The molecule has 6 rings (SSSR count). The third-order valence-corrected chi connectivity index (χ3v) is 11.6. The van der Waals surface area contributed by atoms with Crippen molar-refractivity contribution in [1.82, 2.24) is 14.5 Å². The normalized spacial score (nSPS) is 14.0. The molecular formula is C43H47ClN6O5S. The van der Waals surface area contributed by atoms with E-state index in [0.717, 1.165) is 81.4 Å². The van der Waals surface area contributed by atoms with Gasteiger partial charge in [0.05, 0.1) is 9.82 Å². The maximum Gasteiger partial charge on any atom is 0.293 e. The molecule has 2 N–H and O–H groups in total. The molecule has 0 bridgehead atoms. The van der Waals surface area contributed by atoms with E-state index in [-0.39, 0.29) is 27.9 Å². The first kappa shape index (κ1) is 40.4. The van der Waals surface area contributed by atoms with Crippen LogP contribution in [-0.4, -0.2) is 81.9 Å². The number of amides is 1. The molecule has 0 saturated carbocycles. The zero-order chi connectivity index (χ0) is 39.7. The van der Waals surface area contributed by atoms with Gasteiger partial charge < -0.3 is 15.1 Å². The first-order valence-electron chi connectivity index (χ1n) is 18.7. The molecule has 0 aromatic heterocycles. The molecule has 5 aromatic rings. The van der Waals surface area contributed by atoms with Crippen molar-refractivity contribution in [1.29, 1.82) is 0 Å². The van der Waals surface area contributed by atoms with E-state index in [0.29, 0.717) is 5.02 Å². The molecule has 1 heterocycles. The van der Waals surface area contributed by atoms with Crippen molar-refractivity contribution in [3.63, 3.8) is 0 Å². The Morgan fingerprint density at radius 3 is 2.21 bits per heavy atom. The lowest BCUT2D eigenvalue weighted by molar-refractivity contribution is -0.384. The van der Waals surface area contributed by atoms with E-state index in [4.69, 9.17) is 11.6 Å². The second kappa shape index (κ2) is 18.6. The third-order valence-electron chi connectivity index (χ3n) is 10.0. The maximum atomic E-state index is 13.4. The summed E-state index contributed by atoms with van der Waals surface area (Å²) in [6.45, 7) is 4.85. The van der Waals surface area contributed by atoms with Gasteiger partial charge in [-0.25, -0.2) is 13.1 Å². The van der Waals surface area contributed by atoms with Crippen molar-refractivity contribution in [2.75, 3.05) is 57.0 Å². The van der Waals surface area contributed by atoms with Gasteiger partial charge in [0.25, 0.3) is 21.6 Å². The van der Waals surface area contributed by atoms with Crippen LogP contribution >= 0.6 is 11.6 Å². The molecule has 0 aliphatic carbocycles. The number of nitrogens with one attached hydrogen (secondary N) is 2. The maximum absolute atomic E-state index is 13.4. The smallest absolute Gasteiger partial charge is 0.293 e. The Morgan fingerprint density at radius 2 is 1.54 bits per heavy atom. The van der Waals surface area contributed by atoms with Crippen LogP contribution < -0.4 is 14.9 Å². The highest BCUT2D eigenvalue weighted by Crippen LogP contribution is 2.30. The summed E-state index contributed by atoms with van der Waals surface area (Å²) in [6.07, 6.45) is 2.22. The monoisotopic (exact) mass is 794 g/mol. The molecule has 5 aromatic carbocycles. The number of carbonyl (C=O) groups excluding carboxylic acids is 1. The molecule has 1 fully saturated rings. The van der Waals surface area contributed by atoms with Crippen molar-refractivity contribution < 1.29 is 18.1 Å². The van der Waals surface area contributed by atoms with Crippen molar-refractivity contribution in [3.05, 3.63) is 153 Å². The molecule has 13 heteroatoms. The Balaban J connectivity index is 1.06. The average molecular weight is 795 g/mol. The first-order valence-corrected chi connectivity index (χ1v) is 20.5. The standard InChI is InChI=1S/C43H47ClN6O5S/c1-47(2)25-24-37(19-12-32-8-4-3-5-9-32)45-41-23-22-39(30-42(41)50(52)53)56(54,55)46-43(51)34-15-20-38(21-16-34)49-28-26-48(27-29-49)31-35-10-6-7-11-40(35)33-13-17-36(44)18-14-33/h3-11,13-18,20-23,30,37,45H,12,19,24-29,31H2,1-2H3,(H,46,51). The molecule has 1 aliphatic rings. The predicted octanol–water partition coefficient (Wildman–Crippen LogP) is 7.72. The summed E-state index contributed by atoms with van der Waals surface area (Å²) in [4.78, 5) is 31.1. The van der Waals surface area contributed by atoms with Crippen molar-refractivity contribution >= 4 is 44.6 Å². The molecule has 11 nitrogen and oxygen atoms in total. The Kier molecular flexibility index (Phi) is 13.4. The number of halogens is 1. The second-order valence-corrected chi connectivity index (χ2v) is 16.4. The lowest BCUT2D eigenvalue weighted by Crippen LogP contribution is -2.46. The van der Waals surface area contributed by atoms with Gasteiger partial charge in [-0.05, 0) is 111 Å². The van der Waals surface area contributed by atoms with E-state index in [1.54, 1.807) is 12.1 Å². The molecular weight excluding hydrogens is 748 g/mol. The molecule has 0 spiro atoms. The van der Waals surface area contributed by atoms with E-state index < -0.39 is 20.9 Å². The van der Waals surface area contributed by atoms with E-state index in [1.165, 1.54) is 23.3 Å². The molecule has 1 atom stereocenters. The Morgan fingerprint density at radius 1 is 0.857 bits per heavy atom. The topological polar surface area (TPSA) is 128 Å². The fourth-order valence-corrected chi connectivity index (χ4v) is 8.02. The summed E-state index contributed by atoms with van der Waals surface area (Å²) >= 11 is 6.11. The van der Waals surface area contributed by atoms with Crippen LogP contribution in [0.4, 0.5) is 17.1 Å². The average Bonchev–Trinajstić information content (AvgIpc) is 3.20.